The molecule has 0 spiro atoms. The van der Waals surface area contributed by atoms with E-state index < -0.39 is 0 Å². The Labute approximate surface area is 117 Å². The van der Waals surface area contributed by atoms with Gasteiger partial charge in [0.15, 0.2) is 0 Å². The van der Waals surface area contributed by atoms with Crippen molar-refractivity contribution in [1.82, 2.24) is 5.32 Å². The number of hydrogen-bond acceptors (Lipinski definition) is 4. The van der Waals surface area contributed by atoms with E-state index in [1.54, 1.807) is 0 Å². The molecule has 1 aliphatic rings. The number of nitrogens with one attached hydrogen (secondary N) is 1. The Morgan fingerprint density at radius 2 is 2.00 bits per heavy atom. The maximum Gasteiger partial charge on any atom is 0.0707 e. The second kappa shape index (κ2) is 7.58. The number of hydrogen-bond donors (Lipinski definition) is 2. The van der Waals surface area contributed by atoms with Gasteiger partial charge in [0.1, 0.15) is 0 Å². The molecule has 0 saturated heterocycles. The number of rotatable bonds is 8. The van der Waals surface area contributed by atoms with E-state index in [9.17, 15) is 5.11 Å². The summed E-state index contributed by atoms with van der Waals surface area (Å²) in [6.45, 7) is 8.42. The lowest BCUT2D eigenvalue weighted by atomic mass is 9.86. The summed E-state index contributed by atoms with van der Waals surface area (Å²) in [6, 6.07) is 0. The maximum atomic E-state index is 9.59. The van der Waals surface area contributed by atoms with E-state index in [1.807, 2.05) is 27.8 Å². The van der Waals surface area contributed by atoms with E-state index in [-0.39, 0.29) is 17.7 Å². The van der Waals surface area contributed by atoms with Crippen molar-refractivity contribution in [3.63, 3.8) is 0 Å². The highest BCUT2D eigenvalue weighted by atomic mass is 16.5. The third-order valence-corrected chi connectivity index (χ3v) is 4.11. The zero-order valence-electron chi connectivity index (χ0n) is 13.0. The molecule has 4 nitrogen and oxygen atoms in total. The molecule has 0 aromatic rings. The first-order valence-corrected chi connectivity index (χ1v) is 7.45. The third-order valence-electron chi connectivity index (χ3n) is 4.11. The van der Waals surface area contributed by atoms with Crippen molar-refractivity contribution in [1.29, 1.82) is 0 Å². The van der Waals surface area contributed by atoms with Gasteiger partial charge >= 0.3 is 0 Å². The minimum Gasteiger partial charge on any atom is -0.394 e. The van der Waals surface area contributed by atoms with Gasteiger partial charge in [-0.1, -0.05) is 6.42 Å². The molecule has 19 heavy (non-hydrogen) atoms. The summed E-state index contributed by atoms with van der Waals surface area (Å²) < 4.78 is 11.2. The van der Waals surface area contributed by atoms with Crippen molar-refractivity contribution < 1.29 is 14.6 Å². The molecule has 0 heterocycles. The molecule has 2 N–H and O–H groups in total. The minimum atomic E-state index is -0.0903. The van der Waals surface area contributed by atoms with Gasteiger partial charge in [-0.25, -0.2) is 0 Å². The Kier molecular flexibility index (Phi) is 6.74. The van der Waals surface area contributed by atoms with E-state index in [0.717, 1.165) is 19.4 Å². The van der Waals surface area contributed by atoms with E-state index in [1.165, 1.54) is 12.8 Å². The molecule has 1 fully saturated rings. The fraction of sp³-hybridized carbons (Fsp3) is 1.00. The van der Waals surface area contributed by atoms with E-state index in [2.05, 4.69) is 5.32 Å². The van der Waals surface area contributed by atoms with Gasteiger partial charge in [0, 0.05) is 12.1 Å². The second-order valence-electron chi connectivity index (χ2n) is 6.52. The van der Waals surface area contributed by atoms with Crippen molar-refractivity contribution in [2.45, 2.75) is 57.6 Å². The molecule has 2 atom stereocenters. The molecule has 114 valence electrons. The minimum absolute atomic E-state index is 0.0781. The third kappa shape index (κ3) is 5.38. The van der Waals surface area contributed by atoms with Crippen LogP contribution in [0.15, 0.2) is 0 Å². The largest absolute Gasteiger partial charge is 0.394 e. The van der Waals surface area contributed by atoms with Crippen LogP contribution in [-0.2, 0) is 9.47 Å². The highest BCUT2D eigenvalue weighted by Crippen LogP contribution is 2.37. The summed E-state index contributed by atoms with van der Waals surface area (Å²) in [5.74, 6) is 0.519. The molecule has 1 saturated carbocycles. The zero-order valence-corrected chi connectivity index (χ0v) is 13.0. The van der Waals surface area contributed by atoms with Crippen LogP contribution in [-0.4, -0.2) is 49.7 Å². The zero-order chi connectivity index (χ0) is 14.4. The first kappa shape index (κ1) is 16.9. The van der Waals surface area contributed by atoms with Crippen molar-refractivity contribution in [2.24, 2.45) is 5.92 Å². The molecule has 0 amide bonds. The van der Waals surface area contributed by atoms with E-state index in [4.69, 9.17) is 9.47 Å². The molecule has 2 unspecified atom stereocenters. The highest BCUT2D eigenvalue weighted by Gasteiger charge is 2.40. The summed E-state index contributed by atoms with van der Waals surface area (Å²) >= 11 is 0. The predicted octanol–water partition coefficient (Wildman–Crippen LogP) is 1.96. The van der Waals surface area contributed by atoms with Crippen LogP contribution in [0.1, 0.15) is 46.5 Å². The summed E-state index contributed by atoms with van der Waals surface area (Å²) in [6.07, 6.45) is 4.46. The van der Waals surface area contributed by atoms with Gasteiger partial charge in [0.05, 0.1) is 25.4 Å². The normalized spacial score (nSPS) is 27.9. The van der Waals surface area contributed by atoms with Crippen molar-refractivity contribution in [2.75, 3.05) is 33.5 Å². The van der Waals surface area contributed by atoms with Gasteiger partial charge in [0.25, 0.3) is 0 Å². The van der Waals surface area contributed by atoms with Crippen LogP contribution in [0.5, 0.6) is 0 Å². The van der Waals surface area contributed by atoms with Crippen LogP contribution in [0.2, 0.25) is 0 Å². The summed E-state index contributed by atoms with van der Waals surface area (Å²) in [5, 5.41) is 12.9. The number of aliphatic hydroxyl groups is 1. The summed E-state index contributed by atoms with van der Waals surface area (Å²) in [5.41, 5.74) is -0.168. The molecule has 0 bridgehead atoms. The summed E-state index contributed by atoms with van der Waals surface area (Å²) in [7, 11) is 1.95. The molecule has 0 radical (unpaired) electrons. The van der Waals surface area contributed by atoms with Crippen LogP contribution in [0.3, 0.4) is 0 Å². The van der Waals surface area contributed by atoms with Gasteiger partial charge in [0.2, 0.25) is 0 Å². The average Bonchev–Trinajstić information content (AvgIpc) is 2.76. The highest BCUT2D eigenvalue weighted by molar-refractivity contribution is 4.97. The average molecular weight is 273 g/mol. The molecule has 4 heteroatoms. The van der Waals surface area contributed by atoms with E-state index >= 15 is 0 Å². The van der Waals surface area contributed by atoms with Gasteiger partial charge in [-0.3, -0.25) is 0 Å². The molecule has 0 aromatic carbocycles. The molecule has 0 aromatic heterocycles. The lowest BCUT2D eigenvalue weighted by Gasteiger charge is -2.33. The Bertz CT molecular complexity index is 246. The molecule has 1 rings (SSSR count). The molecule has 0 aliphatic heterocycles. The van der Waals surface area contributed by atoms with Crippen molar-refractivity contribution in [3.05, 3.63) is 0 Å². The molecular formula is C15H31NO3. The van der Waals surface area contributed by atoms with Crippen molar-refractivity contribution in [3.8, 4) is 0 Å². The molecule has 1 aliphatic carbocycles. The summed E-state index contributed by atoms with van der Waals surface area (Å²) in [4.78, 5) is 0. The SMILES string of the molecule is CNC1(CO)CCCC1CCOCCOC(C)(C)C. The Balaban J connectivity index is 2.15. The number of ether oxygens (including phenoxy) is 2. The molecular weight excluding hydrogens is 242 g/mol. The fourth-order valence-corrected chi connectivity index (χ4v) is 2.92. The fourth-order valence-electron chi connectivity index (χ4n) is 2.92. The van der Waals surface area contributed by atoms with Crippen LogP contribution in [0, 0.1) is 5.92 Å². The van der Waals surface area contributed by atoms with Gasteiger partial charge < -0.3 is 19.9 Å². The topological polar surface area (TPSA) is 50.7 Å². The quantitative estimate of drug-likeness (QED) is 0.664. The predicted molar refractivity (Wildman–Crippen MR) is 77.4 cm³/mol. The van der Waals surface area contributed by atoms with Gasteiger partial charge in [-0.05, 0) is 53.0 Å². The first-order valence-electron chi connectivity index (χ1n) is 7.45. The Hall–Kier alpha value is -0.160. The van der Waals surface area contributed by atoms with E-state index in [0.29, 0.717) is 19.1 Å². The number of aliphatic hydroxyl groups excluding tert-OH is 1. The van der Waals surface area contributed by atoms with Crippen molar-refractivity contribution >= 4 is 0 Å². The first-order chi connectivity index (χ1) is 8.93. The monoisotopic (exact) mass is 273 g/mol. The lowest BCUT2D eigenvalue weighted by Crippen LogP contribution is -2.49. The Morgan fingerprint density at radius 3 is 2.58 bits per heavy atom. The van der Waals surface area contributed by atoms with Crippen LogP contribution in [0.25, 0.3) is 0 Å². The van der Waals surface area contributed by atoms with Crippen LogP contribution < -0.4 is 5.32 Å². The maximum absolute atomic E-state index is 9.59. The van der Waals surface area contributed by atoms with Gasteiger partial charge in [-0.15, -0.1) is 0 Å². The smallest absolute Gasteiger partial charge is 0.0707 e. The van der Waals surface area contributed by atoms with Gasteiger partial charge in [-0.2, -0.15) is 0 Å². The number of likely N-dealkylation sites (N-methyl/N-ethyl adjacent to an activating group) is 1. The standard InChI is InChI=1S/C15H31NO3/c1-14(2,3)19-11-10-18-9-7-13-6-5-8-15(13,12-17)16-4/h13,16-17H,5-12H2,1-4H3. The van der Waals surface area contributed by atoms with Crippen LogP contribution in [0.4, 0.5) is 0 Å². The Morgan fingerprint density at radius 1 is 1.26 bits per heavy atom. The second-order valence-corrected chi connectivity index (χ2v) is 6.52. The lowest BCUT2D eigenvalue weighted by molar-refractivity contribution is -0.0373. The van der Waals surface area contributed by atoms with Crippen LogP contribution >= 0.6 is 0 Å².